The average molecular weight is 222 g/mol. The molecule has 1 saturated heterocycles. The second kappa shape index (κ2) is 4.95. The average Bonchev–Trinajstić information content (AvgIpc) is 2.71. The smallest absolute Gasteiger partial charge is 0.150 e. The van der Waals surface area contributed by atoms with Crippen molar-refractivity contribution in [1.82, 2.24) is 20.1 Å². The fourth-order valence-electron chi connectivity index (χ4n) is 2.42. The van der Waals surface area contributed by atoms with Gasteiger partial charge < -0.3 is 9.88 Å². The van der Waals surface area contributed by atoms with Crippen molar-refractivity contribution in [3.05, 3.63) is 11.6 Å². The van der Waals surface area contributed by atoms with Gasteiger partial charge in [-0.25, -0.2) is 0 Å². The summed E-state index contributed by atoms with van der Waals surface area (Å²) in [6.07, 6.45) is 4.89. The van der Waals surface area contributed by atoms with E-state index >= 15 is 0 Å². The summed E-state index contributed by atoms with van der Waals surface area (Å²) in [5, 5.41) is 12.1. The standard InChI is InChI=1S/C12H22N4/c1-4-9(2)16-10(3)14-15-12(16)11-7-5-6-8-13-11/h9,11,13H,4-8H2,1-3H3. The number of nitrogens with one attached hydrogen (secondary N) is 1. The first-order chi connectivity index (χ1) is 7.74. The molecule has 0 saturated carbocycles. The quantitative estimate of drug-likeness (QED) is 0.853. The van der Waals surface area contributed by atoms with Crippen molar-refractivity contribution in [3.8, 4) is 0 Å². The highest BCUT2D eigenvalue weighted by molar-refractivity contribution is 5.03. The van der Waals surface area contributed by atoms with E-state index in [1.54, 1.807) is 0 Å². The van der Waals surface area contributed by atoms with Gasteiger partial charge in [0, 0.05) is 6.04 Å². The summed E-state index contributed by atoms with van der Waals surface area (Å²) in [4.78, 5) is 0. The molecular weight excluding hydrogens is 200 g/mol. The zero-order valence-electron chi connectivity index (χ0n) is 10.5. The van der Waals surface area contributed by atoms with Crippen LogP contribution in [-0.4, -0.2) is 21.3 Å². The first-order valence-corrected chi connectivity index (χ1v) is 6.38. The number of nitrogens with zero attached hydrogens (tertiary/aromatic N) is 3. The van der Waals surface area contributed by atoms with Gasteiger partial charge in [0.25, 0.3) is 0 Å². The molecule has 0 radical (unpaired) electrons. The van der Waals surface area contributed by atoms with Crippen LogP contribution in [0.4, 0.5) is 0 Å². The van der Waals surface area contributed by atoms with Crippen molar-refractivity contribution in [2.75, 3.05) is 6.54 Å². The van der Waals surface area contributed by atoms with Crippen LogP contribution in [0.1, 0.15) is 63.3 Å². The van der Waals surface area contributed by atoms with E-state index in [2.05, 4.69) is 33.9 Å². The predicted molar refractivity (Wildman–Crippen MR) is 64.4 cm³/mol. The van der Waals surface area contributed by atoms with Gasteiger partial charge in [0.15, 0.2) is 0 Å². The first kappa shape index (κ1) is 11.6. The highest BCUT2D eigenvalue weighted by Gasteiger charge is 2.23. The van der Waals surface area contributed by atoms with E-state index < -0.39 is 0 Å². The summed E-state index contributed by atoms with van der Waals surface area (Å²) < 4.78 is 2.29. The van der Waals surface area contributed by atoms with Gasteiger partial charge in [-0.05, 0) is 39.7 Å². The molecule has 2 heterocycles. The molecule has 4 nitrogen and oxygen atoms in total. The minimum absolute atomic E-state index is 0.406. The third kappa shape index (κ3) is 2.12. The number of rotatable bonds is 3. The Bertz CT molecular complexity index is 339. The Morgan fingerprint density at radius 3 is 2.88 bits per heavy atom. The van der Waals surface area contributed by atoms with Gasteiger partial charge in [0.1, 0.15) is 11.6 Å². The third-order valence-electron chi connectivity index (χ3n) is 3.55. The monoisotopic (exact) mass is 222 g/mol. The lowest BCUT2D eigenvalue weighted by atomic mass is 10.0. The minimum atomic E-state index is 0.406. The van der Waals surface area contributed by atoms with Crippen LogP contribution in [-0.2, 0) is 0 Å². The summed E-state index contributed by atoms with van der Waals surface area (Å²) in [7, 11) is 0. The van der Waals surface area contributed by atoms with Crippen LogP contribution in [0.25, 0.3) is 0 Å². The summed E-state index contributed by atoms with van der Waals surface area (Å²) in [6.45, 7) is 7.60. The van der Waals surface area contributed by atoms with Crippen LogP contribution < -0.4 is 5.32 Å². The largest absolute Gasteiger partial charge is 0.311 e. The zero-order valence-corrected chi connectivity index (χ0v) is 10.5. The molecule has 4 heteroatoms. The predicted octanol–water partition coefficient (Wildman–Crippen LogP) is 2.37. The number of hydrogen-bond donors (Lipinski definition) is 1. The van der Waals surface area contributed by atoms with Gasteiger partial charge in [0.2, 0.25) is 0 Å². The Kier molecular flexibility index (Phi) is 3.59. The van der Waals surface area contributed by atoms with Gasteiger partial charge in [0.05, 0.1) is 6.04 Å². The highest BCUT2D eigenvalue weighted by atomic mass is 15.3. The van der Waals surface area contributed by atoms with Crippen molar-refractivity contribution >= 4 is 0 Å². The van der Waals surface area contributed by atoms with Crippen molar-refractivity contribution in [3.63, 3.8) is 0 Å². The van der Waals surface area contributed by atoms with E-state index in [0.717, 1.165) is 24.6 Å². The second-order valence-corrected chi connectivity index (χ2v) is 4.74. The molecule has 1 aliphatic rings. The normalized spacial score (nSPS) is 23.3. The summed E-state index contributed by atoms with van der Waals surface area (Å²) in [5.74, 6) is 2.17. The van der Waals surface area contributed by atoms with Crippen LogP contribution in [0.3, 0.4) is 0 Å². The molecule has 1 fully saturated rings. The van der Waals surface area contributed by atoms with Crippen molar-refractivity contribution in [2.24, 2.45) is 0 Å². The Hall–Kier alpha value is -0.900. The molecule has 1 aliphatic heterocycles. The second-order valence-electron chi connectivity index (χ2n) is 4.74. The van der Waals surface area contributed by atoms with Crippen molar-refractivity contribution in [1.29, 1.82) is 0 Å². The molecule has 2 rings (SSSR count). The molecule has 0 bridgehead atoms. The lowest BCUT2D eigenvalue weighted by Crippen LogP contribution is -2.30. The van der Waals surface area contributed by atoms with E-state index in [4.69, 9.17) is 0 Å². The molecule has 2 atom stereocenters. The van der Waals surface area contributed by atoms with Crippen LogP contribution in [0.5, 0.6) is 0 Å². The summed E-state index contributed by atoms with van der Waals surface area (Å²) in [6, 6.07) is 0.901. The Labute approximate surface area is 97.5 Å². The maximum absolute atomic E-state index is 4.36. The van der Waals surface area contributed by atoms with Gasteiger partial charge in [-0.1, -0.05) is 13.3 Å². The molecule has 1 N–H and O–H groups in total. The lowest BCUT2D eigenvalue weighted by molar-refractivity contribution is 0.370. The van der Waals surface area contributed by atoms with Crippen LogP contribution >= 0.6 is 0 Å². The molecule has 0 spiro atoms. The topological polar surface area (TPSA) is 42.7 Å². The third-order valence-corrected chi connectivity index (χ3v) is 3.55. The highest BCUT2D eigenvalue weighted by Crippen LogP contribution is 2.25. The number of hydrogen-bond acceptors (Lipinski definition) is 3. The zero-order chi connectivity index (χ0) is 11.5. The fourth-order valence-corrected chi connectivity index (χ4v) is 2.42. The summed E-state index contributed by atoms with van der Waals surface area (Å²) in [5.41, 5.74) is 0. The molecule has 0 amide bonds. The molecule has 1 aromatic heterocycles. The molecular formula is C12H22N4. The van der Waals surface area contributed by atoms with Crippen LogP contribution in [0, 0.1) is 6.92 Å². The molecule has 2 unspecified atom stereocenters. The maximum Gasteiger partial charge on any atom is 0.150 e. The van der Waals surface area contributed by atoms with Gasteiger partial charge in [-0.15, -0.1) is 10.2 Å². The number of aromatic nitrogens is 3. The van der Waals surface area contributed by atoms with E-state index in [9.17, 15) is 0 Å². The maximum atomic E-state index is 4.36. The van der Waals surface area contributed by atoms with Gasteiger partial charge in [-0.2, -0.15) is 0 Å². The first-order valence-electron chi connectivity index (χ1n) is 6.38. The minimum Gasteiger partial charge on any atom is -0.311 e. The fraction of sp³-hybridized carbons (Fsp3) is 0.833. The van der Waals surface area contributed by atoms with E-state index in [0.29, 0.717) is 12.1 Å². The summed E-state index contributed by atoms with van der Waals surface area (Å²) >= 11 is 0. The Morgan fingerprint density at radius 2 is 2.25 bits per heavy atom. The SMILES string of the molecule is CCC(C)n1c(C)nnc1C1CCCCN1. The Balaban J connectivity index is 2.25. The molecule has 16 heavy (non-hydrogen) atoms. The van der Waals surface area contributed by atoms with E-state index in [-0.39, 0.29) is 0 Å². The van der Waals surface area contributed by atoms with Gasteiger partial charge >= 0.3 is 0 Å². The molecule has 0 aromatic carbocycles. The lowest BCUT2D eigenvalue weighted by Gasteiger charge is -2.25. The van der Waals surface area contributed by atoms with Crippen LogP contribution in [0.2, 0.25) is 0 Å². The van der Waals surface area contributed by atoms with Crippen molar-refractivity contribution in [2.45, 2.75) is 58.5 Å². The van der Waals surface area contributed by atoms with E-state index in [1.807, 2.05) is 6.92 Å². The van der Waals surface area contributed by atoms with Crippen molar-refractivity contribution < 1.29 is 0 Å². The van der Waals surface area contributed by atoms with Crippen LogP contribution in [0.15, 0.2) is 0 Å². The van der Waals surface area contributed by atoms with E-state index in [1.165, 1.54) is 19.3 Å². The molecule has 1 aromatic rings. The molecule has 90 valence electrons. The Morgan fingerprint density at radius 1 is 1.44 bits per heavy atom. The molecule has 0 aliphatic carbocycles. The number of aryl methyl sites for hydroxylation is 1. The van der Waals surface area contributed by atoms with Gasteiger partial charge in [-0.3, -0.25) is 0 Å². The number of piperidine rings is 1.